The number of aromatic nitrogens is 2. The number of aliphatic hydroxyl groups excluding tert-OH is 1. The monoisotopic (exact) mass is 268 g/mol. The smallest absolute Gasteiger partial charge is 0.0538 e. The van der Waals surface area contributed by atoms with Crippen LogP contribution in [-0.2, 0) is 7.05 Å². The third-order valence-electron chi connectivity index (χ3n) is 3.54. The molecule has 0 fully saturated rings. The molecule has 110 valence electrons. The zero-order valence-corrected chi connectivity index (χ0v) is 12.6. The maximum Gasteiger partial charge on any atom is 0.0538 e. The van der Waals surface area contributed by atoms with Gasteiger partial charge < -0.3 is 10.8 Å². The molecule has 0 bridgehead atoms. The predicted octanol–water partition coefficient (Wildman–Crippen LogP) is 1.29. The molecule has 0 aliphatic heterocycles. The maximum atomic E-state index is 9.07. The zero-order valence-electron chi connectivity index (χ0n) is 12.6. The van der Waals surface area contributed by atoms with Crippen molar-refractivity contribution in [3.8, 4) is 0 Å². The summed E-state index contributed by atoms with van der Waals surface area (Å²) >= 11 is 0. The van der Waals surface area contributed by atoms with E-state index in [4.69, 9.17) is 10.8 Å². The number of hydrogen-bond donors (Lipinski definition) is 2. The van der Waals surface area contributed by atoms with Gasteiger partial charge in [0.05, 0.1) is 12.2 Å². The van der Waals surface area contributed by atoms with Crippen LogP contribution >= 0.6 is 0 Å². The summed E-state index contributed by atoms with van der Waals surface area (Å²) in [5.74, 6) is 0. The standard InChI is InChI=1S/C14H28N4O/c1-5-13(15)14(12-9-16-17(4)10-12)18(11(2)3)7-6-8-19/h9-11,13-14,19H,5-8,15H2,1-4H3. The highest BCUT2D eigenvalue weighted by atomic mass is 16.3. The van der Waals surface area contributed by atoms with Crippen molar-refractivity contribution in [2.45, 2.75) is 51.7 Å². The first-order valence-electron chi connectivity index (χ1n) is 7.12. The van der Waals surface area contributed by atoms with Crippen LogP contribution in [0.4, 0.5) is 0 Å². The molecule has 0 saturated carbocycles. The summed E-state index contributed by atoms with van der Waals surface area (Å²) < 4.78 is 1.81. The van der Waals surface area contributed by atoms with Gasteiger partial charge in [-0.3, -0.25) is 9.58 Å². The lowest BCUT2D eigenvalue weighted by Gasteiger charge is -2.37. The average Bonchev–Trinajstić information content (AvgIpc) is 2.79. The molecule has 5 nitrogen and oxygen atoms in total. The molecule has 2 unspecified atom stereocenters. The number of hydrogen-bond acceptors (Lipinski definition) is 4. The van der Waals surface area contributed by atoms with Crippen molar-refractivity contribution in [3.63, 3.8) is 0 Å². The van der Waals surface area contributed by atoms with E-state index in [1.54, 1.807) is 0 Å². The normalized spacial score (nSPS) is 15.2. The van der Waals surface area contributed by atoms with Crippen molar-refractivity contribution >= 4 is 0 Å². The molecular weight excluding hydrogens is 240 g/mol. The van der Waals surface area contributed by atoms with Gasteiger partial charge in [-0.25, -0.2) is 0 Å². The van der Waals surface area contributed by atoms with Crippen molar-refractivity contribution in [1.29, 1.82) is 0 Å². The zero-order chi connectivity index (χ0) is 14.4. The Labute approximate surface area is 116 Å². The van der Waals surface area contributed by atoms with Gasteiger partial charge in [0.15, 0.2) is 0 Å². The first kappa shape index (κ1) is 16.1. The summed E-state index contributed by atoms with van der Waals surface area (Å²) in [5.41, 5.74) is 7.48. The van der Waals surface area contributed by atoms with Crippen molar-refractivity contribution in [2.24, 2.45) is 12.8 Å². The van der Waals surface area contributed by atoms with E-state index in [1.165, 1.54) is 0 Å². The van der Waals surface area contributed by atoms with E-state index in [-0.39, 0.29) is 18.7 Å². The van der Waals surface area contributed by atoms with Crippen LogP contribution in [0, 0.1) is 0 Å². The largest absolute Gasteiger partial charge is 0.396 e. The van der Waals surface area contributed by atoms with Crippen LogP contribution in [0.3, 0.4) is 0 Å². The van der Waals surface area contributed by atoms with Crippen molar-refractivity contribution in [1.82, 2.24) is 14.7 Å². The quantitative estimate of drug-likeness (QED) is 0.745. The number of rotatable bonds is 8. The molecule has 0 aliphatic rings. The van der Waals surface area contributed by atoms with Crippen LogP contribution in [0.2, 0.25) is 0 Å². The highest BCUT2D eigenvalue weighted by molar-refractivity contribution is 5.13. The summed E-state index contributed by atoms with van der Waals surface area (Å²) in [5, 5.41) is 13.3. The van der Waals surface area contributed by atoms with Crippen LogP contribution in [0.1, 0.15) is 45.2 Å². The summed E-state index contributed by atoms with van der Waals surface area (Å²) in [7, 11) is 1.92. The molecule has 0 amide bonds. The average molecular weight is 268 g/mol. The van der Waals surface area contributed by atoms with Gasteiger partial charge in [0, 0.05) is 44.0 Å². The minimum Gasteiger partial charge on any atom is -0.396 e. The third kappa shape index (κ3) is 4.30. The Morgan fingerprint density at radius 2 is 2.16 bits per heavy atom. The molecule has 0 aliphatic carbocycles. The topological polar surface area (TPSA) is 67.3 Å². The molecule has 1 aromatic rings. The van der Waals surface area contributed by atoms with Crippen LogP contribution in [0.25, 0.3) is 0 Å². The predicted molar refractivity (Wildman–Crippen MR) is 77.8 cm³/mol. The molecule has 2 atom stereocenters. The second kappa shape index (κ2) is 7.62. The molecule has 19 heavy (non-hydrogen) atoms. The summed E-state index contributed by atoms with van der Waals surface area (Å²) in [6, 6.07) is 0.616. The van der Waals surface area contributed by atoms with Gasteiger partial charge in [-0.15, -0.1) is 0 Å². The lowest BCUT2D eigenvalue weighted by Crippen LogP contribution is -2.44. The highest BCUT2D eigenvalue weighted by Crippen LogP contribution is 2.26. The van der Waals surface area contributed by atoms with Gasteiger partial charge in [-0.2, -0.15) is 5.10 Å². The molecule has 5 heteroatoms. The molecule has 0 aromatic carbocycles. The van der Waals surface area contributed by atoms with Crippen LogP contribution in [-0.4, -0.2) is 45.0 Å². The third-order valence-corrected chi connectivity index (χ3v) is 3.54. The van der Waals surface area contributed by atoms with E-state index in [1.807, 2.05) is 24.1 Å². The van der Waals surface area contributed by atoms with Gasteiger partial charge in [0.1, 0.15) is 0 Å². The lowest BCUT2D eigenvalue weighted by molar-refractivity contribution is 0.118. The second-order valence-corrected chi connectivity index (χ2v) is 5.37. The van der Waals surface area contributed by atoms with Gasteiger partial charge >= 0.3 is 0 Å². The van der Waals surface area contributed by atoms with E-state index in [0.717, 1.165) is 24.9 Å². The van der Waals surface area contributed by atoms with E-state index < -0.39 is 0 Å². The number of aliphatic hydroxyl groups is 1. The minimum absolute atomic E-state index is 0.0743. The first-order valence-corrected chi connectivity index (χ1v) is 7.12. The van der Waals surface area contributed by atoms with E-state index in [2.05, 4.69) is 30.8 Å². The van der Waals surface area contributed by atoms with Crippen molar-refractivity contribution in [3.05, 3.63) is 18.0 Å². The molecule has 3 N–H and O–H groups in total. The minimum atomic E-state index is 0.0743. The first-order chi connectivity index (χ1) is 9.01. The molecule has 0 spiro atoms. The van der Waals surface area contributed by atoms with Gasteiger partial charge in [0.25, 0.3) is 0 Å². The fraction of sp³-hybridized carbons (Fsp3) is 0.786. The Balaban J connectivity index is 2.99. The fourth-order valence-corrected chi connectivity index (χ4v) is 2.47. The van der Waals surface area contributed by atoms with Crippen molar-refractivity contribution in [2.75, 3.05) is 13.2 Å². The summed E-state index contributed by atoms with van der Waals surface area (Å²) in [6.45, 7) is 7.51. The van der Waals surface area contributed by atoms with Gasteiger partial charge in [-0.1, -0.05) is 6.92 Å². The Kier molecular flexibility index (Phi) is 6.48. The molecule has 1 aromatic heterocycles. The molecule has 1 heterocycles. The SMILES string of the molecule is CCC(N)C(c1cnn(C)c1)N(CCCO)C(C)C. The summed E-state index contributed by atoms with van der Waals surface area (Å²) in [6.07, 6.45) is 5.62. The second-order valence-electron chi connectivity index (χ2n) is 5.37. The maximum absolute atomic E-state index is 9.07. The Morgan fingerprint density at radius 3 is 2.58 bits per heavy atom. The summed E-state index contributed by atoms with van der Waals surface area (Å²) in [4.78, 5) is 2.36. The molecule has 0 saturated heterocycles. The molecule has 0 radical (unpaired) electrons. The van der Waals surface area contributed by atoms with E-state index in [0.29, 0.717) is 6.04 Å². The van der Waals surface area contributed by atoms with Crippen LogP contribution in [0.15, 0.2) is 12.4 Å². The van der Waals surface area contributed by atoms with Gasteiger partial charge in [-0.05, 0) is 26.7 Å². The fourth-order valence-electron chi connectivity index (χ4n) is 2.47. The number of nitrogens with zero attached hydrogens (tertiary/aromatic N) is 3. The molecular formula is C14H28N4O. The lowest BCUT2D eigenvalue weighted by atomic mass is 9.97. The number of nitrogens with two attached hydrogens (primary N) is 1. The van der Waals surface area contributed by atoms with E-state index in [9.17, 15) is 0 Å². The number of aryl methyl sites for hydroxylation is 1. The Hall–Kier alpha value is -0.910. The van der Waals surface area contributed by atoms with Gasteiger partial charge in [0.2, 0.25) is 0 Å². The van der Waals surface area contributed by atoms with Crippen molar-refractivity contribution < 1.29 is 5.11 Å². The van der Waals surface area contributed by atoms with E-state index >= 15 is 0 Å². The van der Waals surface area contributed by atoms with Crippen LogP contribution < -0.4 is 5.73 Å². The highest BCUT2D eigenvalue weighted by Gasteiger charge is 2.28. The van der Waals surface area contributed by atoms with Crippen LogP contribution in [0.5, 0.6) is 0 Å². The Bertz CT molecular complexity index is 364. The molecule has 1 rings (SSSR count). The Morgan fingerprint density at radius 1 is 1.47 bits per heavy atom.